The first-order valence-corrected chi connectivity index (χ1v) is 10.5. The van der Waals surface area contributed by atoms with Crippen molar-refractivity contribution in [3.8, 4) is 0 Å². The van der Waals surface area contributed by atoms with Gasteiger partial charge in [-0.1, -0.05) is 0 Å². The zero-order valence-electron chi connectivity index (χ0n) is 17.3. The van der Waals surface area contributed by atoms with E-state index < -0.39 is 105 Å². The molecule has 4 rings (SSSR count). The average Bonchev–Trinajstić information content (AvgIpc) is 3.11. The van der Waals surface area contributed by atoms with Gasteiger partial charge in [0, 0.05) is 0 Å². The van der Waals surface area contributed by atoms with Crippen molar-refractivity contribution in [3.05, 3.63) is 0 Å². The SMILES string of the molecule is OC[C@H]1O[C@@H](O[C@@H]2[C@@H]3OC[C@H]2O[C@H](O[C@H]2[C@@H](O)[C@@H](CO)OC(O)[C@@H]2O)[C@@H]3O)[C@H](O)[C@@H](O)[C@H]1O. The summed E-state index contributed by atoms with van der Waals surface area (Å²) < 4.78 is 32.6. The highest BCUT2D eigenvalue weighted by Gasteiger charge is 2.56. The van der Waals surface area contributed by atoms with Gasteiger partial charge in [-0.25, -0.2) is 0 Å². The molecule has 4 fully saturated rings. The molecule has 0 saturated carbocycles. The van der Waals surface area contributed by atoms with Crippen molar-refractivity contribution in [3.63, 3.8) is 0 Å². The lowest BCUT2D eigenvalue weighted by atomic mass is 9.97. The zero-order valence-corrected chi connectivity index (χ0v) is 17.3. The summed E-state index contributed by atoms with van der Waals surface area (Å²) in [6.07, 6.45) is -21.2. The van der Waals surface area contributed by atoms with Gasteiger partial charge in [-0.05, 0) is 0 Å². The summed E-state index contributed by atoms with van der Waals surface area (Å²) in [6.45, 7) is -1.38. The van der Waals surface area contributed by atoms with E-state index in [1.54, 1.807) is 0 Å². The molecule has 15 nitrogen and oxygen atoms in total. The van der Waals surface area contributed by atoms with E-state index in [1.165, 1.54) is 0 Å². The molecular formula is C18H30O15. The first-order valence-electron chi connectivity index (χ1n) is 10.5. The molecule has 1 unspecified atom stereocenters. The largest absolute Gasteiger partial charge is 0.394 e. The van der Waals surface area contributed by atoms with E-state index in [9.17, 15) is 46.0 Å². The van der Waals surface area contributed by atoms with Gasteiger partial charge in [-0.15, -0.1) is 0 Å². The predicted molar refractivity (Wildman–Crippen MR) is 97.9 cm³/mol. The Morgan fingerprint density at radius 3 is 1.88 bits per heavy atom. The van der Waals surface area contributed by atoms with Crippen LogP contribution in [0.25, 0.3) is 0 Å². The Balaban J connectivity index is 1.42. The van der Waals surface area contributed by atoms with E-state index in [2.05, 4.69) is 0 Å². The highest BCUT2D eigenvalue weighted by molar-refractivity contribution is 4.99. The Morgan fingerprint density at radius 1 is 0.606 bits per heavy atom. The molecule has 33 heavy (non-hydrogen) atoms. The number of ether oxygens (including phenoxy) is 6. The second-order valence-corrected chi connectivity index (χ2v) is 8.46. The quantitative estimate of drug-likeness (QED) is 0.170. The highest BCUT2D eigenvalue weighted by Crippen LogP contribution is 2.36. The average molecular weight is 486 g/mol. The molecule has 2 bridgehead atoms. The lowest BCUT2D eigenvalue weighted by Gasteiger charge is -2.45. The van der Waals surface area contributed by atoms with Gasteiger partial charge in [-0.3, -0.25) is 0 Å². The Labute approximate surface area is 187 Å². The molecule has 4 saturated heterocycles. The highest BCUT2D eigenvalue weighted by atomic mass is 16.8. The van der Waals surface area contributed by atoms with Crippen molar-refractivity contribution >= 4 is 0 Å². The normalized spacial score (nSPS) is 55.0. The molecule has 192 valence electrons. The van der Waals surface area contributed by atoms with Crippen LogP contribution in [0.5, 0.6) is 0 Å². The minimum absolute atomic E-state index is 0.0650. The minimum atomic E-state index is -1.76. The number of fused-ring (bicyclic) bond motifs is 2. The van der Waals surface area contributed by atoms with Crippen molar-refractivity contribution in [1.29, 1.82) is 0 Å². The van der Waals surface area contributed by atoms with Crippen LogP contribution in [-0.2, 0) is 28.4 Å². The molecule has 4 aliphatic heterocycles. The maximum Gasteiger partial charge on any atom is 0.187 e. The lowest BCUT2D eigenvalue weighted by molar-refractivity contribution is -0.360. The molecule has 4 heterocycles. The first kappa shape index (κ1) is 25.5. The predicted octanol–water partition coefficient (Wildman–Crippen LogP) is -6.53. The van der Waals surface area contributed by atoms with Gasteiger partial charge in [0.1, 0.15) is 73.2 Å². The van der Waals surface area contributed by atoms with Crippen molar-refractivity contribution in [1.82, 2.24) is 0 Å². The van der Waals surface area contributed by atoms with Crippen LogP contribution >= 0.6 is 0 Å². The molecule has 0 spiro atoms. The first-order chi connectivity index (χ1) is 15.7. The summed E-state index contributed by atoms with van der Waals surface area (Å²) in [7, 11) is 0. The maximum absolute atomic E-state index is 10.7. The summed E-state index contributed by atoms with van der Waals surface area (Å²) in [5.74, 6) is 0. The molecule has 0 amide bonds. The standard InChI is InChI=1S/C18H30O15/c19-1-4-7(21)9(23)10(24)17(30-4)32-13-6-3-28-15(13)12(26)18(31-6)33-14-8(22)5(2-20)29-16(27)11(14)25/h4-27H,1-3H2/t4-,5-,6-,7+,8+,9+,10-,11-,12-,13+,14+,15-,16?,17+,18-/m1/s1. The fraction of sp³-hybridized carbons (Fsp3) is 1.00. The van der Waals surface area contributed by atoms with Crippen molar-refractivity contribution in [2.45, 2.75) is 92.1 Å². The number of hydrogen-bond donors (Lipinski definition) is 9. The van der Waals surface area contributed by atoms with Gasteiger partial charge in [0.2, 0.25) is 0 Å². The van der Waals surface area contributed by atoms with Crippen LogP contribution in [0, 0.1) is 0 Å². The maximum atomic E-state index is 10.7. The molecule has 0 aromatic rings. The Hall–Kier alpha value is -0.600. The number of aliphatic hydroxyl groups is 9. The van der Waals surface area contributed by atoms with Crippen LogP contribution in [0.15, 0.2) is 0 Å². The Kier molecular flexibility index (Phi) is 7.86. The molecule has 0 aromatic carbocycles. The Bertz CT molecular complexity index is 652. The van der Waals surface area contributed by atoms with Gasteiger partial charge in [0.25, 0.3) is 0 Å². The monoisotopic (exact) mass is 486 g/mol. The molecule has 4 aliphatic rings. The van der Waals surface area contributed by atoms with Crippen LogP contribution in [0.2, 0.25) is 0 Å². The smallest absolute Gasteiger partial charge is 0.187 e. The van der Waals surface area contributed by atoms with Gasteiger partial charge in [0.05, 0.1) is 19.8 Å². The molecule has 15 heteroatoms. The van der Waals surface area contributed by atoms with E-state index in [4.69, 9.17) is 28.4 Å². The third-order valence-electron chi connectivity index (χ3n) is 6.34. The van der Waals surface area contributed by atoms with Gasteiger partial charge in [-0.2, -0.15) is 0 Å². The van der Waals surface area contributed by atoms with Gasteiger partial charge < -0.3 is 74.4 Å². The summed E-state index contributed by atoms with van der Waals surface area (Å²) in [4.78, 5) is 0. The van der Waals surface area contributed by atoms with Gasteiger partial charge in [0.15, 0.2) is 18.9 Å². The molecule has 0 radical (unpaired) electrons. The van der Waals surface area contributed by atoms with E-state index in [0.717, 1.165) is 0 Å². The second-order valence-electron chi connectivity index (χ2n) is 8.46. The molecule has 15 atom stereocenters. The van der Waals surface area contributed by atoms with Crippen molar-refractivity contribution in [2.75, 3.05) is 19.8 Å². The zero-order chi connectivity index (χ0) is 24.0. The van der Waals surface area contributed by atoms with Crippen molar-refractivity contribution in [2.24, 2.45) is 0 Å². The van der Waals surface area contributed by atoms with Gasteiger partial charge >= 0.3 is 0 Å². The summed E-state index contributed by atoms with van der Waals surface area (Å²) in [5, 5.41) is 89.5. The Morgan fingerprint density at radius 2 is 1.21 bits per heavy atom. The summed E-state index contributed by atoms with van der Waals surface area (Å²) in [5.41, 5.74) is 0. The lowest BCUT2D eigenvalue weighted by Crippen LogP contribution is -2.64. The topological polar surface area (TPSA) is 237 Å². The van der Waals surface area contributed by atoms with Crippen molar-refractivity contribution < 1.29 is 74.4 Å². The fourth-order valence-electron chi connectivity index (χ4n) is 4.42. The summed E-state index contributed by atoms with van der Waals surface area (Å²) >= 11 is 0. The number of hydrogen-bond acceptors (Lipinski definition) is 15. The molecule has 0 aromatic heterocycles. The van der Waals surface area contributed by atoms with E-state index >= 15 is 0 Å². The van der Waals surface area contributed by atoms with E-state index in [0.29, 0.717) is 0 Å². The van der Waals surface area contributed by atoms with E-state index in [1.807, 2.05) is 0 Å². The van der Waals surface area contributed by atoms with Crippen LogP contribution < -0.4 is 0 Å². The molecule has 9 N–H and O–H groups in total. The van der Waals surface area contributed by atoms with Crippen LogP contribution in [-0.4, -0.2) is 158 Å². The van der Waals surface area contributed by atoms with Crippen LogP contribution in [0.3, 0.4) is 0 Å². The third-order valence-corrected chi connectivity index (χ3v) is 6.34. The summed E-state index contributed by atoms with van der Waals surface area (Å²) in [6, 6.07) is 0. The van der Waals surface area contributed by atoms with Crippen LogP contribution in [0.4, 0.5) is 0 Å². The number of aliphatic hydroxyl groups excluding tert-OH is 9. The minimum Gasteiger partial charge on any atom is -0.394 e. The molecule has 0 aliphatic carbocycles. The third kappa shape index (κ3) is 4.65. The second kappa shape index (κ2) is 10.2. The fourth-order valence-corrected chi connectivity index (χ4v) is 4.42. The van der Waals surface area contributed by atoms with Crippen LogP contribution in [0.1, 0.15) is 0 Å². The van der Waals surface area contributed by atoms with E-state index in [-0.39, 0.29) is 6.61 Å². The number of rotatable bonds is 6. The molecular weight excluding hydrogens is 456 g/mol.